The number of rotatable bonds is 1. The average Bonchev–Trinajstić information content (AvgIpc) is 2.22. The molecule has 0 radical (unpaired) electrons. The minimum Gasteiger partial charge on any atom is -0.338 e. The number of aromatic nitrogens is 2. The third-order valence-electron chi connectivity index (χ3n) is 2.56. The molecule has 15 heavy (non-hydrogen) atoms. The van der Waals surface area contributed by atoms with E-state index in [-0.39, 0.29) is 0 Å². The fourth-order valence-corrected chi connectivity index (χ4v) is 1.90. The van der Waals surface area contributed by atoms with Crippen molar-refractivity contribution in [1.29, 1.82) is 0 Å². The summed E-state index contributed by atoms with van der Waals surface area (Å²) < 4.78 is 0.967. The van der Waals surface area contributed by atoms with Gasteiger partial charge in [0, 0.05) is 31.9 Å². The van der Waals surface area contributed by atoms with Crippen LogP contribution in [0.15, 0.2) is 10.7 Å². The zero-order valence-electron chi connectivity index (χ0n) is 9.00. The number of nitrogens with one attached hydrogen (secondary N) is 1. The van der Waals surface area contributed by atoms with Crippen molar-refractivity contribution in [2.45, 2.75) is 19.9 Å². The summed E-state index contributed by atoms with van der Waals surface area (Å²) in [5, 5.41) is 3.40. The Morgan fingerprint density at radius 1 is 1.60 bits per heavy atom. The molecule has 0 aromatic carbocycles. The van der Waals surface area contributed by atoms with Gasteiger partial charge in [0.25, 0.3) is 0 Å². The molecule has 1 fully saturated rings. The Hall–Kier alpha value is -0.680. The predicted octanol–water partition coefficient (Wildman–Crippen LogP) is 1.35. The second-order valence-electron chi connectivity index (χ2n) is 3.90. The molecule has 0 bridgehead atoms. The Bertz CT molecular complexity index is 355. The van der Waals surface area contributed by atoms with Crippen molar-refractivity contribution in [3.63, 3.8) is 0 Å². The summed E-state index contributed by atoms with van der Waals surface area (Å²) in [5.41, 5.74) is 0.992. The molecule has 1 aliphatic rings. The second-order valence-corrected chi connectivity index (χ2v) is 4.76. The number of halogens is 1. The summed E-state index contributed by atoms with van der Waals surface area (Å²) in [6, 6.07) is 0.506. The second kappa shape index (κ2) is 4.45. The van der Waals surface area contributed by atoms with Gasteiger partial charge in [0.2, 0.25) is 5.95 Å². The van der Waals surface area contributed by atoms with Gasteiger partial charge >= 0.3 is 0 Å². The quantitative estimate of drug-likeness (QED) is 0.837. The number of anilines is 1. The van der Waals surface area contributed by atoms with E-state index in [9.17, 15) is 0 Å². The minimum atomic E-state index is 0.506. The van der Waals surface area contributed by atoms with Gasteiger partial charge in [-0.15, -0.1) is 0 Å². The average molecular weight is 271 g/mol. The van der Waals surface area contributed by atoms with Gasteiger partial charge in [-0.05, 0) is 29.8 Å². The molecule has 4 nitrogen and oxygen atoms in total. The molecule has 5 heteroatoms. The van der Waals surface area contributed by atoms with E-state index in [0.717, 1.165) is 35.7 Å². The van der Waals surface area contributed by atoms with E-state index in [4.69, 9.17) is 0 Å². The lowest BCUT2D eigenvalue weighted by Gasteiger charge is -2.31. The fraction of sp³-hybridized carbons (Fsp3) is 0.600. The number of hydrogen-bond acceptors (Lipinski definition) is 4. The van der Waals surface area contributed by atoms with Crippen LogP contribution in [0.4, 0.5) is 5.95 Å². The molecule has 1 saturated heterocycles. The summed E-state index contributed by atoms with van der Waals surface area (Å²) in [4.78, 5) is 11.0. The van der Waals surface area contributed by atoms with Crippen molar-refractivity contribution < 1.29 is 0 Å². The molecule has 2 heterocycles. The molecular weight excluding hydrogens is 256 g/mol. The maximum atomic E-state index is 4.47. The largest absolute Gasteiger partial charge is 0.338 e. The molecule has 1 aromatic rings. The van der Waals surface area contributed by atoms with Gasteiger partial charge in [-0.25, -0.2) is 9.97 Å². The van der Waals surface area contributed by atoms with Crippen LogP contribution in [0.3, 0.4) is 0 Å². The normalized spacial score (nSPS) is 21.8. The Labute approximate surface area is 98.2 Å². The zero-order valence-corrected chi connectivity index (χ0v) is 10.6. The van der Waals surface area contributed by atoms with Crippen molar-refractivity contribution in [1.82, 2.24) is 15.3 Å². The zero-order chi connectivity index (χ0) is 10.8. The SMILES string of the molecule is Cc1nc(N2CCN[C@H](C)C2)ncc1Br. The van der Waals surface area contributed by atoms with Gasteiger partial charge in [0.15, 0.2) is 0 Å². The standard InChI is InChI=1S/C10H15BrN4/c1-7-6-15(4-3-12-7)10-13-5-9(11)8(2)14-10/h5,7,12H,3-4,6H2,1-2H3/t7-/m1/s1. The lowest BCUT2D eigenvalue weighted by atomic mass is 10.2. The van der Waals surface area contributed by atoms with Crippen LogP contribution in [0.1, 0.15) is 12.6 Å². The van der Waals surface area contributed by atoms with Crippen molar-refractivity contribution in [2.75, 3.05) is 24.5 Å². The Kier molecular flexibility index (Phi) is 3.21. The number of nitrogens with zero attached hydrogens (tertiary/aromatic N) is 3. The first-order chi connectivity index (χ1) is 7.16. The van der Waals surface area contributed by atoms with Crippen LogP contribution in [0.25, 0.3) is 0 Å². The number of hydrogen-bond donors (Lipinski definition) is 1. The van der Waals surface area contributed by atoms with E-state index in [1.807, 2.05) is 13.1 Å². The van der Waals surface area contributed by atoms with E-state index >= 15 is 0 Å². The predicted molar refractivity (Wildman–Crippen MR) is 64.1 cm³/mol. The molecule has 1 aliphatic heterocycles. The summed E-state index contributed by atoms with van der Waals surface area (Å²) in [5.74, 6) is 0.837. The summed E-state index contributed by atoms with van der Waals surface area (Å²) >= 11 is 3.41. The van der Waals surface area contributed by atoms with E-state index in [1.165, 1.54) is 0 Å². The Balaban J connectivity index is 2.18. The van der Waals surface area contributed by atoms with Gasteiger partial charge in [-0.3, -0.25) is 0 Å². The molecular formula is C10H15BrN4. The molecule has 0 saturated carbocycles. The molecule has 82 valence electrons. The summed E-state index contributed by atoms with van der Waals surface area (Å²) in [6.45, 7) is 7.12. The Morgan fingerprint density at radius 2 is 2.40 bits per heavy atom. The van der Waals surface area contributed by atoms with E-state index in [0.29, 0.717) is 6.04 Å². The van der Waals surface area contributed by atoms with Crippen LogP contribution in [0, 0.1) is 6.92 Å². The first kappa shape index (κ1) is 10.8. The highest BCUT2D eigenvalue weighted by atomic mass is 79.9. The van der Waals surface area contributed by atoms with E-state index in [1.54, 1.807) is 0 Å². The molecule has 0 spiro atoms. The van der Waals surface area contributed by atoms with Crippen molar-refractivity contribution in [2.24, 2.45) is 0 Å². The first-order valence-electron chi connectivity index (χ1n) is 5.14. The third kappa shape index (κ3) is 2.46. The van der Waals surface area contributed by atoms with Gasteiger partial charge in [0.1, 0.15) is 0 Å². The highest BCUT2D eigenvalue weighted by Gasteiger charge is 2.18. The number of piperazine rings is 1. The van der Waals surface area contributed by atoms with Crippen LogP contribution in [0.2, 0.25) is 0 Å². The van der Waals surface area contributed by atoms with E-state index < -0.39 is 0 Å². The van der Waals surface area contributed by atoms with E-state index in [2.05, 4.69) is 43.0 Å². The monoisotopic (exact) mass is 270 g/mol. The van der Waals surface area contributed by atoms with Gasteiger partial charge in [-0.1, -0.05) is 0 Å². The van der Waals surface area contributed by atoms with Crippen molar-refractivity contribution in [3.8, 4) is 0 Å². The van der Waals surface area contributed by atoms with Crippen LogP contribution in [-0.4, -0.2) is 35.6 Å². The van der Waals surface area contributed by atoms with Crippen LogP contribution >= 0.6 is 15.9 Å². The Morgan fingerprint density at radius 3 is 3.07 bits per heavy atom. The minimum absolute atomic E-state index is 0.506. The summed E-state index contributed by atoms with van der Waals surface area (Å²) in [7, 11) is 0. The lowest BCUT2D eigenvalue weighted by Crippen LogP contribution is -2.49. The molecule has 0 amide bonds. The van der Waals surface area contributed by atoms with Crippen molar-refractivity contribution in [3.05, 3.63) is 16.4 Å². The van der Waals surface area contributed by atoms with Crippen LogP contribution in [-0.2, 0) is 0 Å². The maximum Gasteiger partial charge on any atom is 0.225 e. The molecule has 1 aromatic heterocycles. The molecule has 2 rings (SSSR count). The van der Waals surface area contributed by atoms with Gasteiger partial charge in [-0.2, -0.15) is 0 Å². The van der Waals surface area contributed by atoms with Gasteiger partial charge < -0.3 is 10.2 Å². The summed E-state index contributed by atoms with van der Waals surface area (Å²) in [6.07, 6.45) is 1.82. The molecule has 0 aliphatic carbocycles. The highest BCUT2D eigenvalue weighted by Crippen LogP contribution is 2.16. The molecule has 1 N–H and O–H groups in total. The van der Waals surface area contributed by atoms with Gasteiger partial charge in [0.05, 0.1) is 10.2 Å². The molecule has 0 unspecified atom stereocenters. The van der Waals surface area contributed by atoms with Crippen LogP contribution < -0.4 is 10.2 Å². The highest BCUT2D eigenvalue weighted by molar-refractivity contribution is 9.10. The molecule has 1 atom stereocenters. The maximum absolute atomic E-state index is 4.47. The first-order valence-corrected chi connectivity index (χ1v) is 5.93. The third-order valence-corrected chi connectivity index (χ3v) is 3.34. The number of aryl methyl sites for hydroxylation is 1. The lowest BCUT2D eigenvalue weighted by molar-refractivity contribution is 0.479. The van der Waals surface area contributed by atoms with Crippen molar-refractivity contribution >= 4 is 21.9 Å². The topological polar surface area (TPSA) is 41.1 Å². The smallest absolute Gasteiger partial charge is 0.225 e. The fourth-order valence-electron chi connectivity index (χ4n) is 1.71. The van der Waals surface area contributed by atoms with Crippen LogP contribution in [0.5, 0.6) is 0 Å².